The SMILES string of the molecule is C[C@H](NC(=O)C1CCN(c2ccc(C=O)cc2)CC1)c1ccc2c(c1)CCCC2. The van der Waals surface area contributed by atoms with E-state index in [0.29, 0.717) is 5.56 Å². The van der Waals surface area contributed by atoms with Crippen LogP contribution in [0.4, 0.5) is 5.69 Å². The molecule has 152 valence electrons. The van der Waals surface area contributed by atoms with Gasteiger partial charge in [0.25, 0.3) is 0 Å². The Morgan fingerprint density at radius 3 is 2.41 bits per heavy atom. The number of fused-ring (bicyclic) bond motifs is 1. The van der Waals surface area contributed by atoms with E-state index in [1.54, 1.807) is 0 Å². The minimum Gasteiger partial charge on any atom is -0.371 e. The number of hydrogen-bond donors (Lipinski definition) is 1. The van der Waals surface area contributed by atoms with Crippen LogP contribution in [0.3, 0.4) is 0 Å². The molecule has 1 aliphatic carbocycles. The maximum absolute atomic E-state index is 12.8. The minimum absolute atomic E-state index is 0.0450. The molecular weight excluding hydrogens is 360 g/mol. The molecule has 29 heavy (non-hydrogen) atoms. The number of piperidine rings is 1. The first-order valence-corrected chi connectivity index (χ1v) is 10.9. The second-order valence-corrected chi connectivity index (χ2v) is 8.44. The van der Waals surface area contributed by atoms with Crippen LogP contribution in [0.5, 0.6) is 0 Å². The van der Waals surface area contributed by atoms with Gasteiger partial charge in [-0.1, -0.05) is 18.2 Å². The van der Waals surface area contributed by atoms with Gasteiger partial charge in [0.05, 0.1) is 6.04 Å². The number of carbonyl (C=O) groups is 2. The summed E-state index contributed by atoms with van der Waals surface area (Å²) in [4.78, 5) is 25.9. The quantitative estimate of drug-likeness (QED) is 0.766. The van der Waals surface area contributed by atoms with Gasteiger partial charge in [0.2, 0.25) is 5.91 Å². The van der Waals surface area contributed by atoms with E-state index in [0.717, 1.165) is 44.3 Å². The molecule has 0 bridgehead atoms. The molecule has 0 unspecified atom stereocenters. The fourth-order valence-electron chi connectivity index (χ4n) is 4.60. The van der Waals surface area contributed by atoms with Crippen molar-refractivity contribution in [3.63, 3.8) is 0 Å². The lowest BCUT2D eigenvalue weighted by molar-refractivity contribution is -0.126. The van der Waals surface area contributed by atoms with Crippen LogP contribution >= 0.6 is 0 Å². The van der Waals surface area contributed by atoms with Crippen LogP contribution in [-0.4, -0.2) is 25.3 Å². The molecular formula is C25H30N2O2. The number of anilines is 1. The van der Waals surface area contributed by atoms with Crippen LogP contribution in [0.2, 0.25) is 0 Å². The lowest BCUT2D eigenvalue weighted by Crippen LogP contribution is -2.41. The topological polar surface area (TPSA) is 49.4 Å². The van der Waals surface area contributed by atoms with E-state index in [9.17, 15) is 9.59 Å². The Kier molecular flexibility index (Phi) is 5.98. The van der Waals surface area contributed by atoms with Crippen LogP contribution in [0.25, 0.3) is 0 Å². The van der Waals surface area contributed by atoms with Gasteiger partial charge in [-0.3, -0.25) is 9.59 Å². The van der Waals surface area contributed by atoms with Crippen molar-refractivity contribution in [2.45, 2.75) is 51.5 Å². The van der Waals surface area contributed by atoms with E-state index in [1.807, 2.05) is 24.3 Å². The molecule has 1 atom stereocenters. The Bertz CT molecular complexity index is 867. The average Bonchev–Trinajstić information content (AvgIpc) is 2.79. The summed E-state index contributed by atoms with van der Waals surface area (Å²) < 4.78 is 0. The van der Waals surface area contributed by atoms with Crippen molar-refractivity contribution in [3.05, 3.63) is 64.7 Å². The molecule has 1 amide bonds. The van der Waals surface area contributed by atoms with E-state index in [2.05, 4.69) is 35.3 Å². The Morgan fingerprint density at radius 2 is 1.72 bits per heavy atom. The third-order valence-electron chi connectivity index (χ3n) is 6.49. The van der Waals surface area contributed by atoms with Crippen molar-refractivity contribution in [2.24, 2.45) is 5.92 Å². The number of benzene rings is 2. The zero-order valence-corrected chi connectivity index (χ0v) is 17.2. The second-order valence-electron chi connectivity index (χ2n) is 8.44. The largest absolute Gasteiger partial charge is 0.371 e. The lowest BCUT2D eigenvalue weighted by atomic mass is 9.89. The molecule has 4 rings (SSSR count). The normalized spacial score (nSPS) is 18.0. The molecule has 1 aliphatic heterocycles. The zero-order chi connectivity index (χ0) is 20.2. The van der Waals surface area contributed by atoms with Gasteiger partial charge in [0, 0.05) is 30.3 Å². The Hall–Kier alpha value is -2.62. The number of rotatable bonds is 5. The molecule has 2 aromatic rings. The highest BCUT2D eigenvalue weighted by molar-refractivity contribution is 5.79. The number of carbonyl (C=O) groups excluding carboxylic acids is 2. The van der Waals surface area contributed by atoms with Crippen LogP contribution in [-0.2, 0) is 17.6 Å². The van der Waals surface area contributed by atoms with E-state index in [-0.39, 0.29) is 17.9 Å². The first-order chi connectivity index (χ1) is 14.1. The predicted octanol–water partition coefficient (Wildman–Crippen LogP) is 4.47. The number of nitrogens with zero attached hydrogens (tertiary/aromatic N) is 1. The summed E-state index contributed by atoms with van der Waals surface area (Å²) >= 11 is 0. The molecule has 4 nitrogen and oxygen atoms in total. The van der Waals surface area contributed by atoms with Gasteiger partial charge in [0.1, 0.15) is 6.29 Å². The molecule has 0 saturated carbocycles. The number of hydrogen-bond acceptors (Lipinski definition) is 3. The molecule has 0 radical (unpaired) electrons. The fourth-order valence-corrected chi connectivity index (χ4v) is 4.60. The standard InChI is InChI=1S/C25H30N2O2/c1-18(22-9-8-20-4-2-3-5-23(20)16-22)26-25(29)21-12-14-27(15-13-21)24-10-6-19(17-28)7-11-24/h6-11,16-18,21H,2-5,12-15H2,1H3,(H,26,29)/t18-/m0/s1. The maximum atomic E-state index is 12.8. The summed E-state index contributed by atoms with van der Waals surface area (Å²) in [7, 11) is 0. The number of amides is 1. The predicted molar refractivity (Wildman–Crippen MR) is 116 cm³/mol. The summed E-state index contributed by atoms with van der Waals surface area (Å²) in [5.74, 6) is 0.242. The highest BCUT2D eigenvalue weighted by Gasteiger charge is 2.26. The molecule has 2 aliphatic rings. The summed E-state index contributed by atoms with van der Waals surface area (Å²) in [6.07, 6.45) is 7.50. The first-order valence-electron chi connectivity index (χ1n) is 10.9. The Labute approximate surface area is 173 Å². The van der Waals surface area contributed by atoms with Crippen LogP contribution < -0.4 is 10.2 Å². The van der Waals surface area contributed by atoms with E-state index in [1.165, 1.54) is 36.0 Å². The van der Waals surface area contributed by atoms with Crippen molar-refractivity contribution in [1.82, 2.24) is 5.32 Å². The fraction of sp³-hybridized carbons (Fsp3) is 0.440. The third-order valence-corrected chi connectivity index (χ3v) is 6.49. The highest BCUT2D eigenvalue weighted by Crippen LogP contribution is 2.27. The van der Waals surface area contributed by atoms with Crippen LogP contribution in [0.1, 0.15) is 65.7 Å². The number of aryl methyl sites for hydroxylation is 2. The van der Waals surface area contributed by atoms with Gasteiger partial charge < -0.3 is 10.2 Å². The Balaban J connectivity index is 1.31. The number of aldehydes is 1. The van der Waals surface area contributed by atoms with Gasteiger partial charge in [0.15, 0.2) is 0 Å². The van der Waals surface area contributed by atoms with Crippen molar-refractivity contribution < 1.29 is 9.59 Å². The lowest BCUT2D eigenvalue weighted by Gasteiger charge is -2.33. The Morgan fingerprint density at radius 1 is 1.03 bits per heavy atom. The monoisotopic (exact) mass is 390 g/mol. The van der Waals surface area contributed by atoms with Crippen molar-refractivity contribution in [1.29, 1.82) is 0 Å². The third kappa shape index (κ3) is 4.52. The minimum atomic E-state index is 0.0450. The van der Waals surface area contributed by atoms with Gasteiger partial charge in [-0.25, -0.2) is 0 Å². The van der Waals surface area contributed by atoms with E-state index >= 15 is 0 Å². The number of nitrogens with one attached hydrogen (secondary N) is 1. The molecule has 0 aromatic heterocycles. The zero-order valence-electron chi connectivity index (χ0n) is 17.2. The highest BCUT2D eigenvalue weighted by atomic mass is 16.2. The maximum Gasteiger partial charge on any atom is 0.223 e. The van der Waals surface area contributed by atoms with Crippen molar-refractivity contribution in [3.8, 4) is 0 Å². The van der Waals surface area contributed by atoms with Gasteiger partial charge in [-0.2, -0.15) is 0 Å². The summed E-state index contributed by atoms with van der Waals surface area (Å²) in [5, 5.41) is 3.25. The van der Waals surface area contributed by atoms with Crippen LogP contribution in [0, 0.1) is 5.92 Å². The van der Waals surface area contributed by atoms with Gasteiger partial charge in [-0.15, -0.1) is 0 Å². The molecule has 1 N–H and O–H groups in total. The second kappa shape index (κ2) is 8.81. The van der Waals surface area contributed by atoms with Gasteiger partial charge >= 0.3 is 0 Å². The van der Waals surface area contributed by atoms with Crippen molar-refractivity contribution in [2.75, 3.05) is 18.0 Å². The summed E-state index contributed by atoms with van der Waals surface area (Å²) in [6, 6.07) is 14.4. The molecule has 2 aromatic carbocycles. The molecule has 1 saturated heterocycles. The van der Waals surface area contributed by atoms with Crippen LogP contribution in [0.15, 0.2) is 42.5 Å². The summed E-state index contributed by atoms with van der Waals surface area (Å²) in [6.45, 7) is 3.82. The smallest absolute Gasteiger partial charge is 0.223 e. The molecule has 0 spiro atoms. The summed E-state index contributed by atoms with van der Waals surface area (Å²) in [5.41, 5.74) is 5.97. The molecule has 1 heterocycles. The van der Waals surface area contributed by atoms with Gasteiger partial charge in [-0.05, 0) is 86.4 Å². The average molecular weight is 391 g/mol. The van der Waals surface area contributed by atoms with Crippen molar-refractivity contribution >= 4 is 17.9 Å². The van der Waals surface area contributed by atoms with E-state index in [4.69, 9.17) is 0 Å². The molecule has 1 fully saturated rings. The van der Waals surface area contributed by atoms with E-state index < -0.39 is 0 Å². The molecule has 4 heteroatoms. The first kappa shape index (κ1) is 19.7.